The number of para-hydroxylation sites is 2. The van der Waals surface area contributed by atoms with Crippen LogP contribution in [-0.4, -0.2) is 49.6 Å². The minimum absolute atomic E-state index is 0.0889. The van der Waals surface area contributed by atoms with E-state index in [1.165, 1.54) is 0 Å². The highest BCUT2D eigenvalue weighted by Crippen LogP contribution is 2.29. The summed E-state index contributed by atoms with van der Waals surface area (Å²) < 4.78 is 5.74. The lowest BCUT2D eigenvalue weighted by Crippen LogP contribution is -2.52. The van der Waals surface area contributed by atoms with Gasteiger partial charge in [0.15, 0.2) is 0 Å². The number of carbonyl (C=O) groups is 1. The van der Waals surface area contributed by atoms with Gasteiger partial charge in [0, 0.05) is 31.9 Å². The second-order valence-electron chi connectivity index (χ2n) is 6.90. The Kier molecular flexibility index (Phi) is 6.97. The molecule has 152 valence electrons. The lowest BCUT2D eigenvalue weighted by molar-refractivity contribution is -0.120. The lowest BCUT2D eigenvalue weighted by Gasteiger charge is -2.39. The molecular formula is C22H25ClN4O2. The highest BCUT2D eigenvalue weighted by atomic mass is 35.5. The van der Waals surface area contributed by atoms with Gasteiger partial charge < -0.3 is 15.0 Å². The van der Waals surface area contributed by atoms with Gasteiger partial charge in [0.2, 0.25) is 5.91 Å². The Balaban J connectivity index is 1.58. The molecule has 0 radical (unpaired) electrons. The zero-order valence-corrected chi connectivity index (χ0v) is 17.4. The third-order valence-electron chi connectivity index (χ3n) is 5.10. The number of nitriles is 1. The van der Waals surface area contributed by atoms with Crippen molar-refractivity contribution in [3.05, 3.63) is 53.1 Å². The van der Waals surface area contributed by atoms with Gasteiger partial charge in [-0.05, 0) is 44.2 Å². The third kappa shape index (κ3) is 5.00. The van der Waals surface area contributed by atoms with E-state index in [4.69, 9.17) is 21.6 Å². The maximum atomic E-state index is 12.7. The van der Waals surface area contributed by atoms with Gasteiger partial charge in [0.25, 0.3) is 0 Å². The van der Waals surface area contributed by atoms with Crippen LogP contribution in [0.4, 0.5) is 11.4 Å². The van der Waals surface area contributed by atoms with Crippen LogP contribution in [0.3, 0.4) is 0 Å². The maximum Gasteiger partial charge on any atom is 0.241 e. The van der Waals surface area contributed by atoms with Gasteiger partial charge in [-0.25, -0.2) is 0 Å². The summed E-state index contributed by atoms with van der Waals surface area (Å²) in [6, 6.07) is 14.7. The standard InChI is InChI=1S/C22H25ClN4O2/c1-3-29-21-7-5-4-6-20(21)27-12-10-26(11-13-27)16(2)22(28)25-18-9-8-17(15-24)19(23)14-18/h4-9,14,16H,3,10-13H2,1-2H3,(H,25,28)/t16-/m0/s1. The molecule has 0 saturated carbocycles. The predicted molar refractivity (Wildman–Crippen MR) is 116 cm³/mol. The molecule has 0 spiro atoms. The molecule has 6 nitrogen and oxygen atoms in total. The van der Waals surface area contributed by atoms with E-state index < -0.39 is 0 Å². The fraction of sp³-hybridized carbons (Fsp3) is 0.364. The summed E-state index contributed by atoms with van der Waals surface area (Å²) in [5.41, 5.74) is 2.08. The van der Waals surface area contributed by atoms with E-state index in [0.29, 0.717) is 22.9 Å². The minimum Gasteiger partial charge on any atom is -0.492 e. The summed E-state index contributed by atoms with van der Waals surface area (Å²) in [5.74, 6) is 0.806. The SMILES string of the molecule is CCOc1ccccc1N1CCN([C@@H](C)C(=O)Nc2ccc(C#N)c(Cl)c2)CC1. The van der Waals surface area contributed by atoms with E-state index in [2.05, 4.69) is 21.2 Å². The molecule has 1 atom stereocenters. The van der Waals surface area contributed by atoms with Crippen molar-refractivity contribution in [3.8, 4) is 11.8 Å². The van der Waals surface area contributed by atoms with Crippen LogP contribution in [0.5, 0.6) is 5.75 Å². The van der Waals surface area contributed by atoms with Crippen molar-refractivity contribution in [2.45, 2.75) is 19.9 Å². The number of nitrogens with one attached hydrogen (secondary N) is 1. The molecule has 1 amide bonds. The van der Waals surface area contributed by atoms with Crippen LogP contribution >= 0.6 is 11.6 Å². The van der Waals surface area contributed by atoms with Gasteiger partial charge in [0.05, 0.1) is 28.9 Å². The Morgan fingerprint density at radius 2 is 1.97 bits per heavy atom. The highest BCUT2D eigenvalue weighted by molar-refractivity contribution is 6.32. The van der Waals surface area contributed by atoms with Gasteiger partial charge in [-0.3, -0.25) is 9.69 Å². The fourth-order valence-corrected chi connectivity index (χ4v) is 3.66. The van der Waals surface area contributed by atoms with Crippen molar-refractivity contribution in [2.75, 3.05) is 43.0 Å². The molecule has 0 aromatic heterocycles. The smallest absolute Gasteiger partial charge is 0.241 e. The van der Waals surface area contributed by atoms with E-state index in [1.807, 2.05) is 38.1 Å². The largest absolute Gasteiger partial charge is 0.492 e. The number of piperazine rings is 1. The Morgan fingerprint density at radius 1 is 1.24 bits per heavy atom. The molecule has 0 bridgehead atoms. The first kappa shape index (κ1) is 21.0. The van der Waals surface area contributed by atoms with Crippen molar-refractivity contribution >= 4 is 28.9 Å². The van der Waals surface area contributed by atoms with Crippen molar-refractivity contribution < 1.29 is 9.53 Å². The van der Waals surface area contributed by atoms with E-state index in [1.54, 1.807) is 18.2 Å². The molecule has 7 heteroatoms. The molecule has 0 aliphatic carbocycles. The molecule has 1 saturated heterocycles. The molecule has 1 aliphatic heterocycles. The van der Waals surface area contributed by atoms with E-state index >= 15 is 0 Å². The van der Waals surface area contributed by atoms with Crippen LogP contribution in [0, 0.1) is 11.3 Å². The molecule has 1 fully saturated rings. The molecule has 29 heavy (non-hydrogen) atoms. The van der Waals surface area contributed by atoms with E-state index in [-0.39, 0.29) is 11.9 Å². The average molecular weight is 413 g/mol. The second kappa shape index (κ2) is 9.64. The van der Waals surface area contributed by atoms with Crippen LogP contribution in [-0.2, 0) is 4.79 Å². The number of anilines is 2. The zero-order chi connectivity index (χ0) is 20.8. The molecule has 0 unspecified atom stereocenters. The summed E-state index contributed by atoms with van der Waals surface area (Å²) in [6.45, 7) is 7.73. The Morgan fingerprint density at radius 3 is 2.62 bits per heavy atom. The molecular weight excluding hydrogens is 388 g/mol. The fourth-order valence-electron chi connectivity index (χ4n) is 3.44. The number of ether oxygens (including phenoxy) is 1. The molecule has 2 aromatic carbocycles. The summed E-state index contributed by atoms with van der Waals surface area (Å²) >= 11 is 6.05. The number of halogens is 1. The summed E-state index contributed by atoms with van der Waals surface area (Å²) in [5, 5.41) is 12.2. The van der Waals surface area contributed by atoms with Crippen LogP contribution in [0.1, 0.15) is 19.4 Å². The molecule has 1 heterocycles. The lowest BCUT2D eigenvalue weighted by atomic mass is 10.1. The number of hydrogen-bond acceptors (Lipinski definition) is 5. The van der Waals surface area contributed by atoms with Gasteiger partial charge >= 0.3 is 0 Å². The monoisotopic (exact) mass is 412 g/mol. The van der Waals surface area contributed by atoms with Crippen LogP contribution in [0.25, 0.3) is 0 Å². The van der Waals surface area contributed by atoms with E-state index in [0.717, 1.165) is 37.6 Å². The summed E-state index contributed by atoms with van der Waals surface area (Å²) in [7, 11) is 0. The summed E-state index contributed by atoms with van der Waals surface area (Å²) in [6.07, 6.45) is 0. The number of rotatable bonds is 6. The first-order chi connectivity index (χ1) is 14.0. The molecule has 3 rings (SSSR count). The first-order valence-corrected chi connectivity index (χ1v) is 10.1. The van der Waals surface area contributed by atoms with Gasteiger partial charge in [-0.15, -0.1) is 0 Å². The van der Waals surface area contributed by atoms with E-state index in [9.17, 15) is 4.79 Å². The van der Waals surface area contributed by atoms with Crippen LogP contribution < -0.4 is 15.0 Å². The van der Waals surface area contributed by atoms with Gasteiger partial charge in [-0.2, -0.15) is 5.26 Å². The van der Waals surface area contributed by atoms with Crippen LogP contribution in [0.15, 0.2) is 42.5 Å². The zero-order valence-electron chi connectivity index (χ0n) is 16.7. The maximum absolute atomic E-state index is 12.7. The quantitative estimate of drug-likeness (QED) is 0.782. The Hall–Kier alpha value is -2.75. The molecule has 1 N–H and O–H groups in total. The number of hydrogen-bond donors (Lipinski definition) is 1. The second-order valence-corrected chi connectivity index (χ2v) is 7.30. The predicted octanol–water partition coefficient (Wildman–Crippen LogP) is 3.76. The van der Waals surface area contributed by atoms with Crippen molar-refractivity contribution in [1.29, 1.82) is 5.26 Å². The summed E-state index contributed by atoms with van der Waals surface area (Å²) in [4.78, 5) is 17.1. The average Bonchev–Trinajstić information content (AvgIpc) is 2.74. The normalized spacial score (nSPS) is 15.4. The highest BCUT2D eigenvalue weighted by Gasteiger charge is 2.26. The van der Waals surface area contributed by atoms with Crippen molar-refractivity contribution in [3.63, 3.8) is 0 Å². The number of carbonyl (C=O) groups excluding carboxylic acids is 1. The first-order valence-electron chi connectivity index (χ1n) is 9.74. The van der Waals surface area contributed by atoms with Gasteiger partial charge in [0.1, 0.15) is 11.8 Å². The number of nitrogens with zero attached hydrogens (tertiary/aromatic N) is 3. The Labute approximate surface area is 176 Å². The van der Waals surface area contributed by atoms with Gasteiger partial charge in [-0.1, -0.05) is 23.7 Å². The molecule has 2 aromatic rings. The number of amides is 1. The van der Waals surface area contributed by atoms with Crippen molar-refractivity contribution in [2.24, 2.45) is 0 Å². The van der Waals surface area contributed by atoms with Crippen LogP contribution in [0.2, 0.25) is 5.02 Å². The Bertz CT molecular complexity index is 904. The van der Waals surface area contributed by atoms with Crippen molar-refractivity contribution in [1.82, 2.24) is 4.90 Å². The third-order valence-corrected chi connectivity index (χ3v) is 5.42. The number of benzene rings is 2. The minimum atomic E-state index is -0.270. The molecule has 1 aliphatic rings. The topological polar surface area (TPSA) is 68.6 Å².